The normalized spacial score (nSPS) is 16.1. The van der Waals surface area contributed by atoms with Crippen molar-refractivity contribution < 1.29 is 9.59 Å². The molecule has 2 amide bonds. The fourth-order valence-electron chi connectivity index (χ4n) is 2.84. The summed E-state index contributed by atoms with van der Waals surface area (Å²) in [5, 5.41) is 6.15. The number of anilines is 2. The van der Waals surface area contributed by atoms with E-state index in [1.807, 2.05) is 48.5 Å². The first-order chi connectivity index (χ1) is 11.6. The zero-order valence-electron chi connectivity index (χ0n) is 13.5. The Labute approximate surface area is 141 Å². The number of nitrogens with zero attached hydrogens (tertiary/aromatic N) is 1. The number of hydrogen-bond donors (Lipinski definition) is 2. The third-order valence-corrected chi connectivity index (χ3v) is 3.89. The Kier molecular flexibility index (Phi) is 4.33. The average molecular weight is 321 g/mol. The Balaban J connectivity index is 1.94. The number of rotatable bonds is 4. The van der Waals surface area contributed by atoms with Crippen LogP contribution in [0.4, 0.5) is 11.4 Å². The van der Waals surface area contributed by atoms with Gasteiger partial charge in [0.15, 0.2) is 0 Å². The van der Waals surface area contributed by atoms with Gasteiger partial charge in [0.1, 0.15) is 6.17 Å². The molecule has 122 valence electrons. The third-order valence-electron chi connectivity index (χ3n) is 3.89. The molecule has 0 bridgehead atoms. The SMILES string of the molecule is C=CCN1C(=O)c2ccccc2N[C@H]1c1ccc(NC(C)=O)cc1. The number of para-hydroxylation sites is 1. The van der Waals surface area contributed by atoms with Gasteiger partial charge in [0.2, 0.25) is 5.91 Å². The predicted molar refractivity (Wildman–Crippen MR) is 94.8 cm³/mol. The molecular weight excluding hydrogens is 302 g/mol. The van der Waals surface area contributed by atoms with Gasteiger partial charge in [-0.05, 0) is 29.8 Å². The number of carbonyl (C=O) groups excluding carboxylic acids is 2. The van der Waals surface area contributed by atoms with E-state index in [-0.39, 0.29) is 18.0 Å². The van der Waals surface area contributed by atoms with Crippen molar-refractivity contribution in [3.63, 3.8) is 0 Å². The van der Waals surface area contributed by atoms with Crippen LogP contribution in [-0.2, 0) is 4.79 Å². The van der Waals surface area contributed by atoms with Gasteiger partial charge in [-0.15, -0.1) is 6.58 Å². The summed E-state index contributed by atoms with van der Waals surface area (Å²) in [6, 6.07) is 14.9. The van der Waals surface area contributed by atoms with Crippen LogP contribution >= 0.6 is 0 Å². The molecule has 0 spiro atoms. The van der Waals surface area contributed by atoms with E-state index in [9.17, 15) is 9.59 Å². The first kappa shape index (κ1) is 15.8. The van der Waals surface area contributed by atoms with Crippen molar-refractivity contribution in [1.82, 2.24) is 4.90 Å². The summed E-state index contributed by atoms with van der Waals surface area (Å²) in [6.07, 6.45) is 1.43. The second-order valence-corrected chi connectivity index (χ2v) is 5.64. The van der Waals surface area contributed by atoms with Crippen molar-refractivity contribution in [3.8, 4) is 0 Å². The van der Waals surface area contributed by atoms with Crippen LogP contribution in [0.15, 0.2) is 61.2 Å². The fraction of sp³-hybridized carbons (Fsp3) is 0.158. The topological polar surface area (TPSA) is 61.4 Å². The summed E-state index contributed by atoms with van der Waals surface area (Å²) in [5.41, 5.74) is 3.14. The maximum atomic E-state index is 12.8. The molecule has 24 heavy (non-hydrogen) atoms. The quantitative estimate of drug-likeness (QED) is 0.849. The zero-order valence-corrected chi connectivity index (χ0v) is 13.5. The van der Waals surface area contributed by atoms with Crippen molar-refractivity contribution >= 4 is 23.2 Å². The fourth-order valence-corrected chi connectivity index (χ4v) is 2.84. The molecule has 5 nitrogen and oxygen atoms in total. The molecular formula is C19H19N3O2. The standard InChI is InChI=1S/C19H19N3O2/c1-3-12-22-18(14-8-10-15(11-9-14)20-13(2)23)21-17-7-5-4-6-16(17)19(22)24/h3-11,18,21H,1,12H2,2H3,(H,20,23)/t18-/m1/s1. The van der Waals surface area contributed by atoms with Crippen LogP contribution in [0.25, 0.3) is 0 Å². The molecule has 1 aliphatic rings. The Morgan fingerprint density at radius 3 is 2.62 bits per heavy atom. The van der Waals surface area contributed by atoms with E-state index in [1.54, 1.807) is 11.0 Å². The Bertz CT molecular complexity index is 783. The van der Waals surface area contributed by atoms with Gasteiger partial charge >= 0.3 is 0 Å². The van der Waals surface area contributed by atoms with Crippen LogP contribution in [0, 0.1) is 0 Å². The van der Waals surface area contributed by atoms with Crippen molar-refractivity contribution in [2.75, 3.05) is 17.2 Å². The zero-order chi connectivity index (χ0) is 17.1. The summed E-state index contributed by atoms with van der Waals surface area (Å²) < 4.78 is 0. The Hall–Kier alpha value is -3.08. The lowest BCUT2D eigenvalue weighted by Gasteiger charge is -2.37. The summed E-state index contributed by atoms with van der Waals surface area (Å²) in [5.74, 6) is -0.142. The molecule has 0 aliphatic carbocycles. The summed E-state index contributed by atoms with van der Waals surface area (Å²) in [7, 11) is 0. The van der Waals surface area contributed by atoms with Crippen LogP contribution in [0.1, 0.15) is 29.0 Å². The number of hydrogen-bond acceptors (Lipinski definition) is 3. The number of benzene rings is 2. The minimum atomic E-state index is -0.281. The maximum absolute atomic E-state index is 12.8. The van der Waals surface area contributed by atoms with Crippen molar-refractivity contribution in [1.29, 1.82) is 0 Å². The van der Waals surface area contributed by atoms with Gasteiger partial charge in [-0.25, -0.2) is 0 Å². The van der Waals surface area contributed by atoms with Crippen molar-refractivity contribution in [2.45, 2.75) is 13.1 Å². The van der Waals surface area contributed by atoms with E-state index >= 15 is 0 Å². The first-order valence-corrected chi connectivity index (χ1v) is 7.75. The van der Waals surface area contributed by atoms with Gasteiger partial charge in [0.25, 0.3) is 5.91 Å². The molecule has 1 atom stereocenters. The monoisotopic (exact) mass is 321 g/mol. The largest absolute Gasteiger partial charge is 0.361 e. The molecule has 2 aromatic rings. The smallest absolute Gasteiger partial charge is 0.258 e. The molecule has 1 aliphatic heterocycles. The number of amides is 2. The van der Waals surface area contributed by atoms with Crippen molar-refractivity contribution in [3.05, 3.63) is 72.3 Å². The van der Waals surface area contributed by atoms with Crippen LogP contribution < -0.4 is 10.6 Å². The molecule has 0 unspecified atom stereocenters. The van der Waals surface area contributed by atoms with E-state index in [4.69, 9.17) is 0 Å². The Morgan fingerprint density at radius 2 is 1.96 bits per heavy atom. The molecule has 0 aromatic heterocycles. The predicted octanol–water partition coefficient (Wildman–Crippen LogP) is 3.40. The third kappa shape index (κ3) is 3.01. The molecule has 0 fully saturated rings. The average Bonchev–Trinajstić information content (AvgIpc) is 2.58. The highest BCUT2D eigenvalue weighted by Gasteiger charge is 2.31. The number of nitrogens with one attached hydrogen (secondary N) is 2. The second-order valence-electron chi connectivity index (χ2n) is 5.64. The van der Waals surface area contributed by atoms with E-state index < -0.39 is 0 Å². The maximum Gasteiger partial charge on any atom is 0.258 e. The van der Waals surface area contributed by atoms with Gasteiger partial charge in [-0.2, -0.15) is 0 Å². The van der Waals surface area contributed by atoms with Crippen LogP contribution in [0.3, 0.4) is 0 Å². The molecule has 0 saturated heterocycles. The molecule has 2 aromatic carbocycles. The molecule has 1 heterocycles. The van der Waals surface area contributed by atoms with Gasteiger partial charge < -0.3 is 15.5 Å². The van der Waals surface area contributed by atoms with E-state index in [1.165, 1.54) is 6.92 Å². The summed E-state index contributed by atoms with van der Waals surface area (Å²) in [6.45, 7) is 5.66. The first-order valence-electron chi connectivity index (χ1n) is 7.75. The lowest BCUT2D eigenvalue weighted by molar-refractivity contribution is -0.114. The van der Waals surface area contributed by atoms with Crippen LogP contribution in [-0.4, -0.2) is 23.3 Å². The number of carbonyl (C=O) groups is 2. The molecule has 5 heteroatoms. The van der Waals surface area contributed by atoms with Gasteiger partial charge in [0.05, 0.1) is 5.56 Å². The van der Waals surface area contributed by atoms with Gasteiger partial charge in [-0.1, -0.05) is 30.3 Å². The van der Waals surface area contributed by atoms with E-state index in [2.05, 4.69) is 17.2 Å². The highest BCUT2D eigenvalue weighted by molar-refractivity contribution is 6.01. The van der Waals surface area contributed by atoms with E-state index in [0.717, 1.165) is 16.9 Å². The minimum absolute atomic E-state index is 0.0276. The lowest BCUT2D eigenvalue weighted by atomic mass is 10.0. The van der Waals surface area contributed by atoms with Gasteiger partial charge in [0, 0.05) is 24.8 Å². The van der Waals surface area contributed by atoms with Crippen LogP contribution in [0.5, 0.6) is 0 Å². The Morgan fingerprint density at radius 1 is 1.25 bits per heavy atom. The molecule has 3 rings (SSSR count). The highest BCUT2D eigenvalue weighted by Crippen LogP contribution is 2.33. The number of fused-ring (bicyclic) bond motifs is 1. The summed E-state index contributed by atoms with van der Waals surface area (Å²) >= 11 is 0. The molecule has 0 saturated carbocycles. The summed E-state index contributed by atoms with van der Waals surface area (Å²) in [4.78, 5) is 25.7. The minimum Gasteiger partial charge on any atom is -0.361 e. The van der Waals surface area contributed by atoms with Gasteiger partial charge in [-0.3, -0.25) is 9.59 Å². The molecule has 2 N–H and O–H groups in total. The highest BCUT2D eigenvalue weighted by atomic mass is 16.2. The molecule has 0 radical (unpaired) electrons. The van der Waals surface area contributed by atoms with Crippen LogP contribution in [0.2, 0.25) is 0 Å². The second kappa shape index (κ2) is 6.58. The van der Waals surface area contributed by atoms with E-state index in [0.29, 0.717) is 12.1 Å². The van der Waals surface area contributed by atoms with Crippen molar-refractivity contribution in [2.24, 2.45) is 0 Å². The lowest BCUT2D eigenvalue weighted by Crippen LogP contribution is -2.42.